The fourth-order valence-corrected chi connectivity index (χ4v) is 1.51. The third-order valence-electron chi connectivity index (χ3n) is 2.43. The largest absolute Gasteiger partial charge is 0.298 e. The highest BCUT2D eigenvalue weighted by molar-refractivity contribution is 5.73. The third-order valence-corrected chi connectivity index (χ3v) is 2.43. The summed E-state index contributed by atoms with van der Waals surface area (Å²) in [6.45, 7) is 2.39. The fourth-order valence-electron chi connectivity index (χ4n) is 1.51. The Morgan fingerprint density at radius 3 is 3.00 bits per heavy atom. The lowest BCUT2D eigenvalue weighted by Gasteiger charge is -2.05. The van der Waals surface area contributed by atoms with Crippen LogP contribution in [0.1, 0.15) is 21.5 Å². The van der Waals surface area contributed by atoms with Crippen LogP contribution in [0.25, 0.3) is 0 Å². The van der Waals surface area contributed by atoms with Gasteiger partial charge in [-0.3, -0.25) is 9.48 Å². The van der Waals surface area contributed by atoms with Crippen molar-refractivity contribution >= 4 is 6.29 Å². The molecule has 3 nitrogen and oxygen atoms in total. The Morgan fingerprint density at radius 2 is 2.31 bits per heavy atom. The second-order valence-electron chi connectivity index (χ2n) is 3.66. The van der Waals surface area contributed by atoms with E-state index in [1.807, 2.05) is 6.92 Å². The van der Waals surface area contributed by atoms with Crippen LogP contribution in [0.3, 0.4) is 0 Å². The van der Waals surface area contributed by atoms with Gasteiger partial charge in [-0.1, -0.05) is 6.07 Å². The van der Waals surface area contributed by atoms with Gasteiger partial charge >= 0.3 is 0 Å². The Morgan fingerprint density at radius 1 is 1.50 bits per heavy atom. The number of hydrogen-bond acceptors (Lipinski definition) is 2. The lowest BCUT2D eigenvalue weighted by atomic mass is 10.1. The van der Waals surface area contributed by atoms with Gasteiger partial charge in [0, 0.05) is 6.20 Å². The fraction of sp³-hybridized carbons (Fsp3) is 0.167. The van der Waals surface area contributed by atoms with Gasteiger partial charge in [0.25, 0.3) is 0 Å². The second kappa shape index (κ2) is 4.26. The average Bonchev–Trinajstić information content (AvgIpc) is 2.71. The normalized spacial score (nSPS) is 10.4. The molecule has 0 saturated heterocycles. The first-order valence-electron chi connectivity index (χ1n) is 4.91. The van der Waals surface area contributed by atoms with Crippen molar-refractivity contribution in [2.75, 3.05) is 0 Å². The van der Waals surface area contributed by atoms with Gasteiger partial charge in [0.2, 0.25) is 0 Å². The van der Waals surface area contributed by atoms with Crippen LogP contribution < -0.4 is 0 Å². The van der Waals surface area contributed by atoms with Crippen molar-refractivity contribution in [3.63, 3.8) is 0 Å². The maximum absolute atomic E-state index is 13.0. The predicted octanol–water partition coefficient (Wildman–Crippen LogP) is 2.19. The van der Waals surface area contributed by atoms with E-state index in [9.17, 15) is 9.18 Å². The minimum absolute atomic E-state index is 0.261. The Bertz CT molecular complexity index is 519. The summed E-state index contributed by atoms with van der Waals surface area (Å²) in [6, 6.07) is 4.64. The van der Waals surface area contributed by atoms with Crippen molar-refractivity contribution in [1.82, 2.24) is 9.78 Å². The predicted molar refractivity (Wildman–Crippen MR) is 57.9 cm³/mol. The topological polar surface area (TPSA) is 34.9 Å². The average molecular weight is 218 g/mol. The molecule has 2 aromatic rings. The zero-order valence-electron chi connectivity index (χ0n) is 8.85. The van der Waals surface area contributed by atoms with Crippen molar-refractivity contribution in [1.29, 1.82) is 0 Å². The summed E-state index contributed by atoms with van der Waals surface area (Å²) in [7, 11) is 0. The molecule has 0 amide bonds. The highest BCUT2D eigenvalue weighted by Crippen LogP contribution is 2.11. The molecule has 82 valence electrons. The zero-order chi connectivity index (χ0) is 11.5. The van der Waals surface area contributed by atoms with E-state index in [0.717, 1.165) is 17.4 Å². The quantitative estimate of drug-likeness (QED) is 0.740. The molecule has 0 fully saturated rings. The summed E-state index contributed by atoms with van der Waals surface area (Å²) in [6.07, 6.45) is 3.86. The number of benzene rings is 1. The van der Waals surface area contributed by atoms with Crippen LogP contribution in [0.2, 0.25) is 0 Å². The molecule has 1 heterocycles. The number of hydrogen-bond donors (Lipinski definition) is 0. The van der Waals surface area contributed by atoms with Gasteiger partial charge in [-0.25, -0.2) is 4.39 Å². The summed E-state index contributed by atoms with van der Waals surface area (Å²) in [5.41, 5.74) is 2.39. The van der Waals surface area contributed by atoms with Crippen LogP contribution in [-0.2, 0) is 6.54 Å². The second-order valence-corrected chi connectivity index (χ2v) is 3.66. The number of carbonyl (C=O) groups excluding carboxylic acids is 1. The molecule has 0 saturated carbocycles. The number of nitrogens with zero attached hydrogens (tertiary/aromatic N) is 2. The summed E-state index contributed by atoms with van der Waals surface area (Å²) < 4.78 is 14.7. The minimum Gasteiger partial charge on any atom is -0.298 e. The van der Waals surface area contributed by atoms with Gasteiger partial charge in [-0.2, -0.15) is 5.10 Å². The maximum Gasteiger partial charge on any atom is 0.153 e. The van der Waals surface area contributed by atoms with E-state index in [1.165, 1.54) is 18.3 Å². The molecule has 4 heteroatoms. The number of aldehydes is 1. The lowest BCUT2D eigenvalue weighted by Crippen LogP contribution is -2.02. The van der Waals surface area contributed by atoms with E-state index >= 15 is 0 Å². The summed E-state index contributed by atoms with van der Waals surface area (Å²) in [4.78, 5) is 10.5. The smallest absolute Gasteiger partial charge is 0.153 e. The summed E-state index contributed by atoms with van der Waals surface area (Å²) in [5.74, 6) is -0.261. The van der Waals surface area contributed by atoms with E-state index in [1.54, 1.807) is 16.9 Å². The van der Waals surface area contributed by atoms with Gasteiger partial charge in [-0.05, 0) is 30.2 Å². The molecule has 0 bridgehead atoms. The molecule has 0 aliphatic heterocycles. The van der Waals surface area contributed by atoms with Crippen molar-refractivity contribution in [3.05, 3.63) is 53.1 Å². The molecule has 2 rings (SSSR count). The number of rotatable bonds is 3. The molecule has 1 aromatic heterocycles. The molecular formula is C12H11FN2O. The van der Waals surface area contributed by atoms with Crippen LogP contribution in [-0.4, -0.2) is 16.1 Å². The summed E-state index contributed by atoms with van der Waals surface area (Å²) >= 11 is 0. The number of carbonyl (C=O) groups is 1. The SMILES string of the molecule is Cc1ccc(F)cc1Cn1cc(C=O)cn1. The molecule has 0 spiro atoms. The van der Waals surface area contributed by atoms with Crippen LogP contribution in [0.15, 0.2) is 30.6 Å². The highest BCUT2D eigenvalue weighted by Gasteiger charge is 2.03. The Kier molecular flexibility index (Phi) is 2.81. The van der Waals surface area contributed by atoms with Gasteiger partial charge in [0.1, 0.15) is 5.82 Å². The van der Waals surface area contributed by atoms with E-state index in [-0.39, 0.29) is 5.82 Å². The van der Waals surface area contributed by atoms with Gasteiger partial charge in [0.05, 0.1) is 18.3 Å². The van der Waals surface area contributed by atoms with Gasteiger partial charge in [0.15, 0.2) is 6.29 Å². The van der Waals surface area contributed by atoms with E-state index in [0.29, 0.717) is 12.1 Å². The van der Waals surface area contributed by atoms with Crippen LogP contribution >= 0.6 is 0 Å². The number of aryl methyl sites for hydroxylation is 1. The molecule has 0 aliphatic carbocycles. The first-order valence-corrected chi connectivity index (χ1v) is 4.91. The monoisotopic (exact) mass is 218 g/mol. The Balaban J connectivity index is 2.26. The van der Waals surface area contributed by atoms with E-state index in [4.69, 9.17) is 0 Å². The zero-order valence-corrected chi connectivity index (χ0v) is 8.85. The molecule has 1 aromatic carbocycles. The molecule has 0 radical (unpaired) electrons. The standard InChI is InChI=1S/C12H11FN2O/c1-9-2-3-12(13)4-11(9)7-15-6-10(8-16)5-14-15/h2-6,8H,7H2,1H3. The first-order chi connectivity index (χ1) is 7.69. The number of halogens is 1. The molecule has 0 atom stereocenters. The van der Waals surface area contributed by atoms with Crippen LogP contribution in [0.4, 0.5) is 4.39 Å². The van der Waals surface area contributed by atoms with Crippen molar-refractivity contribution in [2.45, 2.75) is 13.5 Å². The van der Waals surface area contributed by atoms with Crippen molar-refractivity contribution in [3.8, 4) is 0 Å². The highest BCUT2D eigenvalue weighted by atomic mass is 19.1. The summed E-state index contributed by atoms with van der Waals surface area (Å²) in [5, 5.41) is 4.02. The van der Waals surface area contributed by atoms with Gasteiger partial charge in [-0.15, -0.1) is 0 Å². The molecule has 0 N–H and O–H groups in total. The van der Waals surface area contributed by atoms with Crippen molar-refractivity contribution in [2.24, 2.45) is 0 Å². The van der Waals surface area contributed by atoms with Crippen LogP contribution in [0.5, 0.6) is 0 Å². The molecule has 0 unspecified atom stereocenters. The number of aromatic nitrogens is 2. The van der Waals surface area contributed by atoms with E-state index in [2.05, 4.69) is 5.10 Å². The van der Waals surface area contributed by atoms with E-state index < -0.39 is 0 Å². The van der Waals surface area contributed by atoms with Crippen LogP contribution in [0, 0.1) is 12.7 Å². The first kappa shape index (κ1) is 10.5. The molecular weight excluding hydrogens is 207 g/mol. The Hall–Kier alpha value is -1.97. The third kappa shape index (κ3) is 2.16. The Labute approximate surface area is 92.5 Å². The van der Waals surface area contributed by atoms with Gasteiger partial charge < -0.3 is 0 Å². The maximum atomic E-state index is 13.0. The van der Waals surface area contributed by atoms with Crippen molar-refractivity contribution < 1.29 is 9.18 Å². The molecule has 16 heavy (non-hydrogen) atoms. The minimum atomic E-state index is -0.261. The lowest BCUT2D eigenvalue weighted by molar-refractivity contribution is 0.112. The molecule has 0 aliphatic rings.